The Morgan fingerprint density at radius 3 is 2.33 bits per heavy atom. The fourth-order valence-electron chi connectivity index (χ4n) is 3.12. The van der Waals surface area contributed by atoms with E-state index in [-0.39, 0.29) is 12.5 Å². The number of carbonyl (C=O) groups is 1. The van der Waals surface area contributed by atoms with Crippen molar-refractivity contribution in [2.45, 2.75) is 13.8 Å². The van der Waals surface area contributed by atoms with E-state index in [1.165, 1.54) is 11.1 Å². The first-order valence-electron chi connectivity index (χ1n) is 8.30. The van der Waals surface area contributed by atoms with E-state index in [1.807, 2.05) is 30.3 Å². The molecule has 1 heterocycles. The average Bonchev–Trinajstić information content (AvgIpc) is 2.61. The van der Waals surface area contributed by atoms with E-state index < -0.39 is 0 Å². The van der Waals surface area contributed by atoms with Crippen molar-refractivity contribution >= 4 is 5.91 Å². The van der Waals surface area contributed by atoms with E-state index in [0.29, 0.717) is 26.3 Å². The van der Waals surface area contributed by atoms with Crippen molar-refractivity contribution in [3.63, 3.8) is 0 Å². The van der Waals surface area contributed by atoms with Gasteiger partial charge in [-0.05, 0) is 48.2 Å². The highest BCUT2D eigenvalue weighted by Gasteiger charge is 2.17. The minimum Gasteiger partial charge on any atom is -0.484 e. The number of morpholine rings is 1. The van der Waals surface area contributed by atoms with Gasteiger partial charge < -0.3 is 14.4 Å². The monoisotopic (exact) mass is 325 g/mol. The normalized spacial score (nSPS) is 14.5. The van der Waals surface area contributed by atoms with Gasteiger partial charge >= 0.3 is 0 Å². The summed E-state index contributed by atoms with van der Waals surface area (Å²) in [4.78, 5) is 14.0. The molecule has 1 aliphatic heterocycles. The summed E-state index contributed by atoms with van der Waals surface area (Å²) in [6.45, 7) is 6.73. The number of nitrogens with zero attached hydrogens (tertiary/aromatic N) is 1. The van der Waals surface area contributed by atoms with E-state index in [2.05, 4.69) is 26.0 Å². The van der Waals surface area contributed by atoms with Crippen LogP contribution in [0.2, 0.25) is 0 Å². The molecule has 0 spiro atoms. The van der Waals surface area contributed by atoms with Crippen LogP contribution >= 0.6 is 0 Å². The zero-order valence-electron chi connectivity index (χ0n) is 14.2. The Hall–Kier alpha value is -2.33. The number of ether oxygens (including phenoxy) is 2. The SMILES string of the molecule is Cc1cc(OCC(=O)N2CCOCC2)cc(C)c1-c1ccccc1. The molecule has 1 amide bonds. The third-order valence-corrected chi connectivity index (χ3v) is 4.29. The van der Waals surface area contributed by atoms with Gasteiger partial charge in [0, 0.05) is 13.1 Å². The van der Waals surface area contributed by atoms with Gasteiger partial charge in [0.1, 0.15) is 5.75 Å². The molecule has 0 N–H and O–H groups in total. The van der Waals surface area contributed by atoms with Gasteiger partial charge in [-0.2, -0.15) is 0 Å². The van der Waals surface area contributed by atoms with Crippen LogP contribution in [0, 0.1) is 13.8 Å². The first kappa shape index (κ1) is 16.5. The second-order valence-corrected chi connectivity index (χ2v) is 6.08. The van der Waals surface area contributed by atoms with E-state index in [1.54, 1.807) is 4.90 Å². The minimum atomic E-state index is 0.0146. The van der Waals surface area contributed by atoms with E-state index >= 15 is 0 Å². The summed E-state index contributed by atoms with van der Waals surface area (Å²) in [6, 6.07) is 14.3. The number of carbonyl (C=O) groups excluding carboxylic acids is 1. The van der Waals surface area contributed by atoms with Crippen LogP contribution in [0.5, 0.6) is 5.75 Å². The molecular weight excluding hydrogens is 302 g/mol. The summed E-state index contributed by atoms with van der Waals surface area (Å²) in [5.41, 5.74) is 4.72. The number of rotatable bonds is 4. The zero-order chi connectivity index (χ0) is 16.9. The number of aryl methyl sites for hydroxylation is 2. The maximum absolute atomic E-state index is 12.2. The van der Waals surface area contributed by atoms with Gasteiger partial charge in [0.25, 0.3) is 5.91 Å². The van der Waals surface area contributed by atoms with Gasteiger partial charge in [-0.1, -0.05) is 30.3 Å². The standard InChI is InChI=1S/C20H23NO3/c1-15-12-18(24-14-19(22)21-8-10-23-11-9-21)13-16(2)20(15)17-6-4-3-5-7-17/h3-7,12-13H,8-11,14H2,1-2H3. The van der Waals surface area contributed by atoms with Crippen molar-refractivity contribution in [3.8, 4) is 16.9 Å². The van der Waals surface area contributed by atoms with Crippen molar-refractivity contribution in [3.05, 3.63) is 53.6 Å². The van der Waals surface area contributed by atoms with Gasteiger partial charge in [0.05, 0.1) is 13.2 Å². The molecule has 1 fully saturated rings. The van der Waals surface area contributed by atoms with E-state index in [4.69, 9.17) is 9.47 Å². The van der Waals surface area contributed by atoms with Crippen LogP contribution in [0.3, 0.4) is 0 Å². The topological polar surface area (TPSA) is 38.8 Å². The van der Waals surface area contributed by atoms with Crippen molar-refractivity contribution in [1.82, 2.24) is 4.90 Å². The fourth-order valence-corrected chi connectivity index (χ4v) is 3.12. The Labute approximate surface area is 143 Å². The molecule has 24 heavy (non-hydrogen) atoms. The Morgan fingerprint density at radius 1 is 1.08 bits per heavy atom. The third kappa shape index (κ3) is 3.77. The summed E-state index contributed by atoms with van der Waals surface area (Å²) in [5, 5.41) is 0. The fraction of sp³-hybridized carbons (Fsp3) is 0.350. The maximum atomic E-state index is 12.2. The molecule has 0 unspecified atom stereocenters. The highest BCUT2D eigenvalue weighted by Crippen LogP contribution is 2.30. The van der Waals surface area contributed by atoms with E-state index in [0.717, 1.165) is 16.9 Å². The first-order valence-corrected chi connectivity index (χ1v) is 8.30. The Kier molecular flexibility index (Phi) is 5.16. The van der Waals surface area contributed by atoms with Gasteiger partial charge in [-0.25, -0.2) is 0 Å². The van der Waals surface area contributed by atoms with Crippen molar-refractivity contribution in [2.24, 2.45) is 0 Å². The summed E-state index contributed by atoms with van der Waals surface area (Å²) in [5.74, 6) is 0.757. The van der Waals surface area contributed by atoms with Gasteiger partial charge in [-0.15, -0.1) is 0 Å². The molecule has 1 saturated heterocycles. The molecule has 1 aliphatic rings. The summed E-state index contributed by atoms with van der Waals surface area (Å²) >= 11 is 0. The molecule has 0 aromatic heterocycles. The lowest BCUT2D eigenvalue weighted by atomic mass is 9.95. The summed E-state index contributed by atoms with van der Waals surface area (Å²) < 4.78 is 11.0. The van der Waals surface area contributed by atoms with E-state index in [9.17, 15) is 4.79 Å². The lowest BCUT2D eigenvalue weighted by Gasteiger charge is -2.26. The first-order chi connectivity index (χ1) is 11.6. The largest absolute Gasteiger partial charge is 0.484 e. The Morgan fingerprint density at radius 2 is 1.71 bits per heavy atom. The van der Waals surface area contributed by atoms with Crippen LogP contribution in [0.1, 0.15) is 11.1 Å². The lowest BCUT2D eigenvalue weighted by molar-refractivity contribution is -0.137. The molecule has 4 nitrogen and oxygen atoms in total. The van der Waals surface area contributed by atoms with Crippen molar-refractivity contribution in [2.75, 3.05) is 32.9 Å². The average molecular weight is 325 g/mol. The predicted octanol–water partition coefficient (Wildman–Crippen LogP) is 3.21. The number of hydrogen-bond acceptors (Lipinski definition) is 3. The zero-order valence-corrected chi connectivity index (χ0v) is 14.2. The maximum Gasteiger partial charge on any atom is 0.260 e. The molecule has 4 heteroatoms. The second kappa shape index (κ2) is 7.49. The highest BCUT2D eigenvalue weighted by atomic mass is 16.5. The van der Waals surface area contributed by atoms with Crippen LogP contribution in [-0.2, 0) is 9.53 Å². The Bertz CT molecular complexity index is 683. The van der Waals surface area contributed by atoms with Crippen LogP contribution in [0.15, 0.2) is 42.5 Å². The second-order valence-electron chi connectivity index (χ2n) is 6.08. The summed E-state index contributed by atoms with van der Waals surface area (Å²) in [7, 11) is 0. The van der Waals surface area contributed by atoms with Crippen molar-refractivity contribution in [1.29, 1.82) is 0 Å². The smallest absolute Gasteiger partial charge is 0.260 e. The van der Waals surface area contributed by atoms with Crippen LogP contribution in [0.4, 0.5) is 0 Å². The van der Waals surface area contributed by atoms with Crippen LogP contribution in [0.25, 0.3) is 11.1 Å². The van der Waals surface area contributed by atoms with Crippen LogP contribution in [-0.4, -0.2) is 43.7 Å². The summed E-state index contributed by atoms with van der Waals surface area (Å²) in [6.07, 6.45) is 0. The molecule has 2 aromatic rings. The quantitative estimate of drug-likeness (QED) is 0.866. The lowest BCUT2D eigenvalue weighted by Crippen LogP contribution is -2.42. The Balaban J connectivity index is 1.70. The molecule has 0 saturated carbocycles. The van der Waals surface area contributed by atoms with Gasteiger partial charge in [-0.3, -0.25) is 4.79 Å². The molecule has 0 atom stereocenters. The molecule has 0 aliphatic carbocycles. The minimum absolute atomic E-state index is 0.0146. The van der Waals surface area contributed by atoms with Gasteiger partial charge in [0.15, 0.2) is 6.61 Å². The number of amides is 1. The number of hydrogen-bond donors (Lipinski definition) is 0. The third-order valence-electron chi connectivity index (χ3n) is 4.29. The van der Waals surface area contributed by atoms with Gasteiger partial charge in [0.2, 0.25) is 0 Å². The molecule has 126 valence electrons. The van der Waals surface area contributed by atoms with Crippen LogP contribution < -0.4 is 4.74 Å². The molecule has 0 radical (unpaired) electrons. The number of benzene rings is 2. The van der Waals surface area contributed by atoms with Crippen molar-refractivity contribution < 1.29 is 14.3 Å². The molecule has 0 bridgehead atoms. The molecule has 3 rings (SSSR count). The molecular formula is C20H23NO3. The molecule has 2 aromatic carbocycles. The predicted molar refractivity (Wildman–Crippen MR) is 94.2 cm³/mol. The highest BCUT2D eigenvalue weighted by molar-refractivity contribution is 5.78.